The van der Waals surface area contributed by atoms with E-state index in [-0.39, 0.29) is 42.6 Å². The van der Waals surface area contributed by atoms with Gasteiger partial charge in [-0.1, -0.05) is 29.8 Å². The van der Waals surface area contributed by atoms with Crippen molar-refractivity contribution in [3.8, 4) is 0 Å². The van der Waals surface area contributed by atoms with E-state index in [2.05, 4.69) is 10.0 Å². The summed E-state index contributed by atoms with van der Waals surface area (Å²) in [5, 5.41) is 2.66. The Bertz CT molecular complexity index is 907. The van der Waals surface area contributed by atoms with Crippen molar-refractivity contribution in [1.29, 1.82) is 0 Å². The normalized spacial score (nSPS) is 11.2. The first-order valence-electron chi connectivity index (χ1n) is 8.80. The van der Waals surface area contributed by atoms with Gasteiger partial charge in [-0.05, 0) is 31.2 Å². The number of nitrogens with one attached hydrogen (secondary N) is 2. The molecule has 0 spiro atoms. The topological polar surface area (TPSA) is 102 Å². The molecule has 0 saturated carbocycles. The van der Waals surface area contributed by atoms with Gasteiger partial charge in [-0.3, -0.25) is 9.59 Å². The number of methoxy groups -OCH3 is 1. The minimum absolute atomic E-state index is 0.0470. The standard InChI is InChI=1S/C20H24N2O5S/c1-15-3-5-16(6-4-15)19(23)11-12-20(24)22-17-7-9-18(10-8-17)28(25,26)21-13-14-27-2/h3-10,21H,11-14H2,1-2H3,(H,22,24). The number of hydrogen-bond donors (Lipinski definition) is 2. The van der Waals surface area contributed by atoms with Crippen molar-refractivity contribution in [2.45, 2.75) is 24.7 Å². The van der Waals surface area contributed by atoms with Gasteiger partial charge in [-0.25, -0.2) is 13.1 Å². The van der Waals surface area contributed by atoms with Crippen LogP contribution in [0.5, 0.6) is 0 Å². The average Bonchev–Trinajstić information content (AvgIpc) is 2.67. The lowest BCUT2D eigenvalue weighted by Crippen LogP contribution is -2.27. The fourth-order valence-corrected chi connectivity index (χ4v) is 3.43. The Morgan fingerprint density at radius 1 is 0.964 bits per heavy atom. The number of benzene rings is 2. The molecule has 150 valence electrons. The fraction of sp³-hybridized carbons (Fsp3) is 0.300. The number of rotatable bonds is 10. The number of hydrogen-bond acceptors (Lipinski definition) is 5. The Kier molecular flexibility index (Phi) is 7.86. The van der Waals surface area contributed by atoms with Crippen LogP contribution in [0.1, 0.15) is 28.8 Å². The predicted molar refractivity (Wildman–Crippen MR) is 107 cm³/mol. The summed E-state index contributed by atoms with van der Waals surface area (Å²) in [6, 6.07) is 13.0. The number of Topliss-reactive ketones (excluding diaryl/α,β-unsaturated/α-hetero) is 1. The highest BCUT2D eigenvalue weighted by Gasteiger charge is 2.14. The van der Waals surface area contributed by atoms with Gasteiger partial charge in [-0.15, -0.1) is 0 Å². The van der Waals surface area contributed by atoms with E-state index in [0.717, 1.165) is 5.56 Å². The zero-order chi connectivity index (χ0) is 20.6. The van der Waals surface area contributed by atoms with Crippen LogP contribution in [0.2, 0.25) is 0 Å². The largest absolute Gasteiger partial charge is 0.383 e. The molecule has 8 heteroatoms. The summed E-state index contributed by atoms with van der Waals surface area (Å²) in [4.78, 5) is 24.3. The van der Waals surface area contributed by atoms with E-state index in [1.54, 1.807) is 12.1 Å². The third-order valence-corrected chi connectivity index (χ3v) is 5.48. The Morgan fingerprint density at radius 2 is 1.61 bits per heavy atom. The first-order chi connectivity index (χ1) is 13.3. The maximum atomic E-state index is 12.1. The second-order valence-corrected chi connectivity index (χ2v) is 8.02. The molecule has 0 atom stereocenters. The van der Waals surface area contributed by atoms with Crippen LogP contribution < -0.4 is 10.0 Å². The lowest BCUT2D eigenvalue weighted by Gasteiger charge is -2.08. The highest BCUT2D eigenvalue weighted by molar-refractivity contribution is 7.89. The van der Waals surface area contributed by atoms with Gasteiger partial charge >= 0.3 is 0 Å². The minimum atomic E-state index is -3.62. The van der Waals surface area contributed by atoms with Crippen LogP contribution in [0.4, 0.5) is 5.69 Å². The van der Waals surface area contributed by atoms with Crippen LogP contribution in [0.15, 0.2) is 53.4 Å². The number of ketones is 1. The van der Waals surface area contributed by atoms with Gasteiger partial charge in [0.25, 0.3) is 0 Å². The molecule has 1 amide bonds. The summed E-state index contributed by atoms with van der Waals surface area (Å²) in [6.45, 7) is 2.38. The molecule has 28 heavy (non-hydrogen) atoms. The van der Waals surface area contributed by atoms with Crippen LogP contribution in [0, 0.1) is 6.92 Å². The third kappa shape index (κ3) is 6.56. The number of amides is 1. The summed E-state index contributed by atoms with van der Waals surface area (Å²) >= 11 is 0. The summed E-state index contributed by atoms with van der Waals surface area (Å²) in [7, 11) is -2.13. The lowest BCUT2D eigenvalue weighted by atomic mass is 10.0. The molecule has 7 nitrogen and oxygen atoms in total. The Hall–Kier alpha value is -2.55. The van der Waals surface area contributed by atoms with Crippen LogP contribution >= 0.6 is 0 Å². The molecule has 0 aliphatic heterocycles. The number of ether oxygens (including phenoxy) is 1. The van der Waals surface area contributed by atoms with Crippen molar-refractivity contribution in [2.75, 3.05) is 25.6 Å². The summed E-state index contributed by atoms with van der Waals surface area (Å²) in [5.41, 5.74) is 2.10. The molecule has 0 unspecified atom stereocenters. The molecule has 0 aliphatic rings. The van der Waals surface area contributed by atoms with Crippen molar-refractivity contribution in [2.24, 2.45) is 0 Å². The monoisotopic (exact) mass is 404 g/mol. The van der Waals surface area contributed by atoms with Crippen LogP contribution in [0.3, 0.4) is 0 Å². The number of aryl methyl sites for hydroxylation is 1. The fourth-order valence-electron chi connectivity index (χ4n) is 2.41. The van der Waals surface area contributed by atoms with Crippen LogP contribution in [0.25, 0.3) is 0 Å². The molecular formula is C20H24N2O5S. The van der Waals surface area contributed by atoms with Gasteiger partial charge < -0.3 is 10.1 Å². The number of sulfonamides is 1. The lowest BCUT2D eigenvalue weighted by molar-refractivity contribution is -0.116. The number of anilines is 1. The molecular weight excluding hydrogens is 380 g/mol. The molecule has 0 heterocycles. The van der Waals surface area contributed by atoms with Gasteiger partial charge in [0, 0.05) is 37.7 Å². The van der Waals surface area contributed by atoms with Crippen molar-refractivity contribution in [3.05, 3.63) is 59.7 Å². The molecule has 2 aromatic carbocycles. The van der Waals surface area contributed by atoms with E-state index in [4.69, 9.17) is 4.74 Å². The summed E-state index contributed by atoms with van der Waals surface area (Å²) in [6.07, 6.45) is 0.149. The molecule has 0 aliphatic carbocycles. The highest BCUT2D eigenvalue weighted by atomic mass is 32.2. The first-order valence-corrected chi connectivity index (χ1v) is 10.3. The van der Waals surface area contributed by atoms with Gasteiger partial charge in [0.05, 0.1) is 11.5 Å². The maximum absolute atomic E-state index is 12.1. The number of carbonyl (C=O) groups excluding carboxylic acids is 2. The van der Waals surface area contributed by atoms with E-state index < -0.39 is 10.0 Å². The minimum Gasteiger partial charge on any atom is -0.383 e. The van der Waals surface area contributed by atoms with Gasteiger partial charge in [0.1, 0.15) is 0 Å². The molecule has 2 rings (SSSR count). The Balaban J connectivity index is 1.86. The van der Waals surface area contributed by atoms with E-state index in [0.29, 0.717) is 11.3 Å². The highest BCUT2D eigenvalue weighted by Crippen LogP contribution is 2.15. The average molecular weight is 404 g/mol. The third-order valence-electron chi connectivity index (χ3n) is 4.00. The van der Waals surface area contributed by atoms with Gasteiger partial charge in [0.2, 0.25) is 15.9 Å². The molecule has 0 saturated heterocycles. The van der Waals surface area contributed by atoms with Crippen molar-refractivity contribution >= 4 is 27.4 Å². The Morgan fingerprint density at radius 3 is 2.21 bits per heavy atom. The zero-order valence-electron chi connectivity index (χ0n) is 15.9. The van der Waals surface area contributed by atoms with Gasteiger partial charge in [0.15, 0.2) is 5.78 Å². The van der Waals surface area contributed by atoms with Crippen LogP contribution in [-0.4, -0.2) is 40.4 Å². The van der Waals surface area contributed by atoms with Crippen molar-refractivity contribution < 1.29 is 22.7 Å². The number of carbonyl (C=O) groups is 2. The molecule has 0 aromatic heterocycles. The smallest absolute Gasteiger partial charge is 0.240 e. The summed E-state index contributed by atoms with van der Waals surface area (Å²) < 4.78 is 31.4. The SMILES string of the molecule is COCCNS(=O)(=O)c1ccc(NC(=O)CCC(=O)c2ccc(C)cc2)cc1. The van der Waals surface area contributed by atoms with E-state index >= 15 is 0 Å². The molecule has 0 bridgehead atoms. The van der Waals surface area contributed by atoms with E-state index in [1.807, 2.05) is 19.1 Å². The maximum Gasteiger partial charge on any atom is 0.240 e. The van der Waals surface area contributed by atoms with E-state index in [9.17, 15) is 18.0 Å². The second kappa shape index (κ2) is 10.1. The quantitative estimate of drug-likeness (QED) is 0.468. The molecule has 2 N–H and O–H groups in total. The zero-order valence-corrected chi connectivity index (χ0v) is 16.7. The molecule has 0 fully saturated rings. The molecule has 2 aromatic rings. The predicted octanol–water partition coefficient (Wildman–Crippen LogP) is 2.52. The second-order valence-electron chi connectivity index (χ2n) is 6.25. The molecule has 0 radical (unpaired) electrons. The van der Waals surface area contributed by atoms with Crippen LogP contribution in [-0.2, 0) is 19.6 Å². The summed E-state index contributed by atoms with van der Waals surface area (Å²) in [5.74, 6) is -0.409. The van der Waals surface area contributed by atoms with Gasteiger partial charge in [-0.2, -0.15) is 0 Å². The Labute approximate surface area is 165 Å². The van der Waals surface area contributed by atoms with Crippen molar-refractivity contribution in [3.63, 3.8) is 0 Å². The first kappa shape index (κ1) is 21.7. The van der Waals surface area contributed by atoms with Crippen molar-refractivity contribution in [1.82, 2.24) is 4.72 Å². The van der Waals surface area contributed by atoms with E-state index in [1.165, 1.54) is 31.4 Å².